The van der Waals surface area contributed by atoms with Gasteiger partial charge in [0, 0.05) is 11.3 Å². The molecule has 2 aromatic carbocycles. The van der Waals surface area contributed by atoms with Crippen LogP contribution >= 0.6 is 23.6 Å². The smallest absolute Gasteiger partial charge is 0.353 e. The predicted octanol–water partition coefficient (Wildman–Crippen LogP) is 4.50. The lowest BCUT2D eigenvalue weighted by Gasteiger charge is -2.30. The second kappa shape index (κ2) is 9.76. The minimum atomic E-state index is -0.639. The lowest BCUT2D eigenvalue weighted by atomic mass is 9.95. The number of hydrogen-bond acceptors (Lipinski definition) is 6. The normalized spacial score (nSPS) is 15.5. The van der Waals surface area contributed by atoms with E-state index in [9.17, 15) is 9.59 Å². The fourth-order valence-corrected chi connectivity index (χ4v) is 4.23. The van der Waals surface area contributed by atoms with E-state index in [1.54, 1.807) is 37.3 Å². The van der Waals surface area contributed by atoms with E-state index in [2.05, 4.69) is 10.6 Å². The molecule has 2 heterocycles. The Hall–Kier alpha value is -3.49. The SMILES string of the molecule is CC1=C(C(=O)OCc2ccccc2)C(c2ccccc2OC(=O)c2cccs2)NC(=S)N1. The lowest BCUT2D eigenvalue weighted by molar-refractivity contribution is -0.140. The topological polar surface area (TPSA) is 76.7 Å². The molecule has 3 aromatic rings. The quantitative estimate of drug-likeness (QED) is 0.316. The van der Waals surface area contributed by atoms with Crippen molar-refractivity contribution in [3.8, 4) is 5.75 Å². The van der Waals surface area contributed by atoms with E-state index < -0.39 is 18.0 Å². The summed E-state index contributed by atoms with van der Waals surface area (Å²) in [5, 5.41) is 8.27. The van der Waals surface area contributed by atoms with Crippen molar-refractivity contribution in [3.63, 3.8) is 0 Å². The highest BCUT2D eigenvalue weighted by Crippen LogP contribution is 2.34. The minimum Gasteiger partial charge on any atom is -0.457 e. The molecule has 0 aliphatic carbocycles. The average molecular weight is 465 g/mol. The van der Waals surface area contributed by atoms with Gasteiger partial charge in [-0.3, -0.25) is 0 Å². The van der Waals surface area contributed by atoms with Crippen LogP contribution in [0.2, 0.25) is 0 Å². The Kier molecular flexibility index (Phi) is 6.63. The van der Waals surface area contributed by atoms with Crippen molar-refractivity contribution in [2.24, 2.45) is 0 Å². The van der Waals surface area contributed by atoms with Gasteiger partial charge in [-0.25, -0.2) is 9.59 Å². The maximum atomic E-state index is 13.1. The first-order valence-electron chi connectivity index (χ1n) is 9.87. The van der Waals surface area contributed by atoms with Crippen molar-refractivity contribution in [2.45, 2.75) is 19.6 Å². The number of thiophene rings is 1. The van der Waals surface area contributed by atoms with Crippen molar-refractivity contribution in [1.82, 2.24) is 10.6 Å². The van der Waals surface area contributed by atoms with Gasteiger partial charge in [0.25, 0.3) is 0 Å². The van der Waals surface area contributed by atoms with Crippen LogP contribution in [0.5, 0.6) is 5.75 Å². The summed E-state index contributed by atoms with van der Waals surface area (Å²) in [6.45, 7) is 1.90. The fraction of sp³-hybridized carbons (Fsp3) is 0.125. The summed E-state index contributed by atoms with van der Waals surface area (Å²) < 4.78 is 11.2. The Bertz CT molecular complexity index is 1170. The highest BCUT2D eigenvalue weighted by Gasteiger charge is 2.33. The van der Waals surface area contributed by atoms with Crippen LogP contribution in [0, 0.1) is 0 Å². The van der Waals surface area contributed by atoms with Crippen LogP contribution in [0.25, 0.3) is 0 Å². The number of nitrogens with one attached hydrogen (secondary N) is 2. The number of esters is 2. The molecule has 0 fully saturated rings. The molecule has 0 spiro atoms. The third-order valence-corrected chi connectivity index (χ3v) is 5.93. The summed E-state index contributed by atoms with van der Waals surface area (Å²) in [4.78, 5) is 26.1. The van der Waals surface area contributed by atoms with Crippen molar-refractivity contribution < 1.29 is 19.1 Å². The number of carbonyl (C=O) groups excluding carboxylic acids is 2. The summed E-state index contributed by atoms with van der Waals surface area (Å²) >= 11 is 6.62. The number of benzene rings is 2. The molecule has 4 rings (SSSR count). The molecule has 162 valence electrons. The molecule has 1 aliphatic heterocycles. The molecular weight excluding hydrogens is 444 g/mol. The van der Waals surface area contributed by atoms with Gasteiger partial charge in [0.05, 0.1) is 11.6 Å². The highest BCUT2D eigenvalue weighted by atomic mass is 32.1. The van der Waals surface area contributed by atoms with Crippen LogP contribution in [0.3, 0.4) is 0 Å². The maximum Gasteiger partial charge on any atom is 0.353 e. The number of para-hydroxylation sites is 1. The molecule has 8 heteroatoms. The Morgan fingerprint density at radius 2 is 1.75 bits per heavy atom. The maximum absolute atomic E-state index is 13.1. The Morgan fingerprint density at radius 1 is 1.00 bits per heavy atom. The second-order valence-corrected chi connectivity index (χ2v) is 8.39. The Balaban J connectivity index is 1.62. The predicted molar refractivity (Wildman–Crippen MR) is 126 cm³/mol. The van der Waals surface area contributed by atoms with Crippen molar-refractivity contribution in [2.75, 3.05) is 0 Å². The molecule has 1 atom stereocenters. The zero-order chi connectivity index (χ0) is 22.5. The third kappa shape index (κ3) is 4.87. The number of allylic oxidation sites excluding steroid dienone is 1. The summed E-state index contributed by atoms with van der Waals surface area (Å²) in [5.74, 6) is -0.606. The van der Waals surface area contributed by atoms with Crippen LogP contribution in [0.4, 0.5) is 0 Å². The summed E-state index contributed by atoms with van der Waals surface area (Å²) in [6, 6.07) is 19.4. The molecule has 6 nitrogen and oxygen atoms in total. The number of thiocarbonyl (C=S) groups is 1. The Morgan fingerprint density at radius 3 is 2.50 bits per heavy atom. The monoisotopic (exact) mass is 464 g/mol. The summed E-state index contributed by atoms with van der Waals surface area (Å²) in [7, 11) is 0. The van der Waals surface area contributed by atoms with Crippen molar-refractivity contribution in [1.29, 1.82) is 0 Å². The molecule has 1 unspecified atom stereocenters. The van der Waals surface area contributed by atoms with Crippen LogP contribution in [-0.2, 0) is 16.1 Å². The molecule has 1 aromatic heterocycles. The van der Waals surface area contributed by atoms with Crippen LogP contribution in [0.1, 0.15) is 33.8 Å². The molecule has 0 saturated carbocycles. The van der Waals surface area contributed by atoms with Crippen molar-refractivity contribution in [3.05, 3.63) is 99.4 Å². The summed E-state index contributed by atoms with van der Waals surface area (Å²) in [5.41, 5.74) is 2.44. The molecule has 2 N–H and O–H groups in total. The summed E-state index contributed by atoms with van der Waals surface area (Å²) in [6.07, 6.45) is 0. The number of ether oxygens (including phenoxy) is 2. The largest absolute Gasteiger partial charge is 0.457 e. The molecule has 32 heavy (non-hydrogen) atoms. The van der Waals surface area contributed by atoms with E-state index in [4.69, 9.17) is 21.7 Å². The van der Waals surface area contributed by atoms with Gasteiger partial charge in [-0.05, 0) is 42.2 Å². The molecule has 0 saturated heterocycles. The van der Waals surface area contributed by atoms with Gasteiger partial charge >= 0.3 is 11.9 Å². The van der Waals surface area contributed by atoms with Crippen LogP contribution in [-0.4, -0.2) is 17.1 Å². The van der Waals surface area contributed by atoms with Gasteiger partial charge in [-0.1, -0.05) is 54.6 Å². The third-order valence-electron chi connectivity index (χ3n) is 4.86. The van der Waals surface area contributed by atoms with Gasteiger partial charge in [-0.2, -0.15) is 0 Å². The average Bonchev–Trinajstić information content (AvgIpc) is 3.33. The van der Waals surface area contributed by atoms with E-state index >= 15 is 0 Å². The second-order valence-electron chi connectivity index (χ2n) is 7.04. The zero-order valence-corrected chi connectivity index (χ0v) is 18.8. The van der Waals surface area contributed by atoms with Gasteiger partial charge in [0.15, 0.2) is 5.11 Å². The van der Waals surface area contributed by atoms with E-state index in [1.807, 2.05) is 41.8 Å². The standard InChI is InChI=1S/C24H20N2O4S2/c1-15-20(23(28)29-14-16-8-3-2-4-9-16)21(26-24(31)25-15)17-10-5-6-11-18(17)30-22(27)19-12-7-13-32-19/h2-13,21H,14H2,1H3,(H2,25,26,31). The molecule has 0 bridgehead atoms. The van der Waals surface area contributed by atoms with Gasteiger partial charge in [0.1, 0.15) is 17.2 Å². The van der Waals surface area contributed by atoms with Crippen LogP contribution < -0.4 is 15.4 Å². The van der Waals surface area contributed by atoms with E-state index in [0.29, 0.717) is 32.6 Å². The first-order valence-corrected chi connectivity index (χ1v) is 11.2. The minimum absolute atomic E-state index is 0.141. The fourth-order valence-electron chi connectivity index (χ4n) is 3.36. The molecular formula is C24H20N2O4S2. The zero-order valence-electron chi connectivity index (χ0n) is 17.2. The number of hydrogen-bond donors (Lipinski definition) is 2. The highest BCUT2D eigenvalue weighted by molar-refractivity contribution is 7.80. The van der Waals surface area contributed by atoms with Crippen LogP contribution in [0.15, 0.2) is 83.4 Å². The molecule has 0 radical (unpaired) electrons. The van der Waals surface area contributed by atoms with Gasteiger partial charge in [-0.15, -0.1) is 11.3 Å². The van der Waals surface area contributed by atoms with E-state index in [0.717, 1.165) is 5.56 Å². The molecule has 1 aliphatic rings. The molecule has 0 amide bonds. The lowest BCUT2D eigenvalue weighted by Crippen LogP contribution is -2.45. The number of rotatable bonds is 6. The van der Waals surface area contributed by atoms with Gasteiger partial charge < -0.3 is 20.1 Å². The van der Waals surface area contributed by atoms with E-state index in [1.165, 1.54) is 11.3 Å². The van der Waals surface area contributed by atoms with E-state index in [-0.39, 0.29) is 6.61 Å². The van der Waals surface area contributed by atoms with Gasteiger partial charge in [0.2, 0.25) is 0 Å². The first kappa shape index (κ1) is 21.7. The Labute approximate surface area is 194 Å². The number of carbonyl (C=O) groups is 2. The van der Waals surface area contributed by atoms with Crippen molar-refractivity contribution >= 4 is 40.6 Å². The first-order chi connectivity index (χ1) is 15.5.